The van der Waals surface area contributed by atoms with Gasteiger partial charge in [0.05, 0.1) is 23.3 Å². The third kappa shape index (κ3) is 5.28. The Morgan fingerprint density at radius 2 is 1.45 bits per heavy atom. The molecule has 0 aliphatic carbocycles. The van der Waals surface area contributed by atoms with Crippen LogP contribution in [0.4, 0.5) is 13.2 Å². The number of benzene rings is 3. The second kappa shape index (κ2) is 9.27. The lowest BCUT2D eigenvalue weighted by Crippen LogP contribution is -2.26. The van der Waals surface area contributed by atoms with Crippen LogP contribution in [0, 0.1) is 0 Å². The Hall–Kier alpha value is -2.70. The summed E-state index contributed by atoms with van der Waals surface area (Å²) in [6, 6.07) is 17.6. The number of aliphatic imine (C=N–C) groups is 1. The summed E-state index contributed by atoms with van der Waals surface area (Å²) in [7, 11) is 0. The summed E-state index contributed by atoms with van der Waals surface area (Å²) in [6.45, 7) is 3.53. The maximum atomic E-state index is 13.3. The molecule has 8 heteroatoms. The molecule has 172 valence electrons. The molecule has 0 spiro atoms. The second-order valence-corrected chi connectivity index (χ2v) is 8.90. The van der Waals surface area contributed by atoms with Gasteiger partial charge in [-0.1, -0.05) is 47.5 Å². The predicted molar refractivity (Wildman–Crippen MR) is 125 cm³/mol. The average Bonchev–Trinajstić information content (AvgIpc) is 3.19. The number of rotatable bonds is 5. The Balaban J connectivity index is 1.79. The number of amidine groups is 1. The maximum Gasteiger partial charge on any atom is 0.416 e. The lowest BCUT2D eigenvalue weighted by molar-refractivity contribution is -0.137. The number of hydrogen-bond acceptors (Lipinski definition) is 3. The first-order chi connectivity index (χ1) is 15.6. The van der Waals surface area contributed by atoms with Crippen molar-refractivity contribution in [2.24, 2.45) is 4.99 Å². The first-order valence-corrected chi connectivity index (χ1v) is 11.1. The van der Waals surface area contributed by atoms with Crippen LogP contribution in [0.2, 0.25) is 10.0 Å². The molecule has 4 rings (SSSR count). The summed E-state index contributed by atoms with van der Waals surface area (Å²) in [5, 5.41) is 4.60. The van der Waals surface area contributed by atoms with Gasteiger partial charge >= 0.3 is 6.18 Å². The van der Waals surface area contributed by atoms with E-state index in [9.17, 15) is 13.2 Å². The highest BCUT2D eigenvalue weighted by molar-refractivity contribution is 6.30. The molecule has 3 aromatic rings. The number of ether oxygens (including phenoxy) is 1. The molecular weight excluding hydrogens is 472 g/mol. The van der Waals surface area contributed by atoms with E-state index in [1.54, 1.807) is 38.1 Å². The van der Waals surface area contributed by atoms with E-state index < -0.39 is 11.7 Å². The highest BCUT2D eigenvalue weighted by atomic mass is 35.5. The molecule has 0 saturated carbocycles. The van der Waals surface area contributed by atoms with E-state index >= 15 is 0 Å². The summed E-state index contributed by atoms with van der Waals surface area (Å²) < 4.78 is 45.7. The van der Waals surface area contributed by atoms with Gasteiger partial charge in [0.15, 0.2) is 0 Å². The zero-order valence-electron chi connectivity index (χ0n) is 17.8. The van der Waals surface area contributed by atoms with Crippen molar-refractivity contribution in [3.05, 3.63) is 99.0 Å². The monoisotopic (exact) mass is 492 g/mol. The Bertz CT molecular complexity index is 1160. The average molecular weight is 493 g/mol. The molecule has 1 aliphatic heterocycles. The molecule has 1 N–H and O–H groups in total. The fraction of sp³-hybridized carbons (Fsp3) is 0.240. The van der Waals surface area contributed by atoms with Gasteiger partial charge in [0.25, 0.3) is 0 Å². The molecule has 0 aromatic heterocycles. The maximum absolute atomic E-state index is 13.3. The van der Waals surface area contributed by atoms with Crippen molar-refractivity contribution in [1.29, 1.82) is 0 Å². The van der Waals surface area contributed by atoms with Crippen molar-refractivity contribution in [1.82, 2.24) is 5.32 Å². The van der Waals surface area contributed by atoms with Crippen LogP contribution in [-0.4, -0.2) is 11.9 Å². The van der Waals surface area contributed by atoms with Crippen molar-refractivity contribution < 1.29 is 17.9 Å². The van der Waals surface area contributed by atoms with Crippen LogP contribution in [-0.2, 0) is 6.18 Å². The third-order valence-electron chi connectivity index (χ3n) is 5.24. The topological polar surface area (TPSA) is 33.6 Å². The highest BCUT2D eigenvalue weighted by Crippen LogP contribution is 2.40. The van der Waals surface area contributed by atoms with Gasteiger partial charge in [0.2, 0.25) is 0 Å². The van der Waals surface area contributed by atoms with Crippen LogP contribution in [0.15, 0.2) is 71.7 Å². The molecule has 0 saturated heterocycles. The van der Waals surface area contributed by atoms with E-state index in [1.165, 1.54) is 6.07 Å². The van der Waals surface area contributed by atoms with Gasteiger partial charge in [0, 0.05) is 10.0 Å². The lowest BCUT2D eigenvalue weighted by atomic mass is 9.95. The number of hydrogen-bond donors (Lipinski definition) is 1. The Morgan fingerprint density at radius 1 is 0.879 bits per heavy atom. The fourth-order valence-electron chi connectivity index (χ4n) is 3.73. The first-order valence-electron chi connectivity index (χ1n) is 10.4. The van der Waals surface area contributed by atoms with Crippen molar-refractivity contribution in [2.75, 3.05) is 0 Å². The molecule has 33 heavy (non-hydrogen) atoms. The number of nitrogens with zero attached hydrogens (tertiary/aromatic N) is 1. The summed E-state index contributed by atoms with van der Waals surface area (Å²) in [5.41, 5.74) is 1.55. The lowest BCUT2D eigenvalue weighted by Gasteiger charge is -2.20. The second-order valence-electron chi connectivity index (χ2n) is 8.02. The van der Waals surface area contributed by atoms with Crippen LogP contribution in [0.1, 0.15) is 48.2 Å². The minimum atomic E-state index is -4.48. The van der Waals surface area contributed by atoms with Gasteiger partial charge in [-0.15, -0.1) is 0 Å². The van der Waals surface area contributed by atoms with Crippen LogP contribution in [0.25, 0.3) is 0 Å². The Kier molecular flexibility index (Phi) is 6.59. The van der Waals surface area contributed by atoms with Crippen LogP contribution < -0.4 is 10.1 Å². The standard InChI is InChI=1S/C25H21Cl2F3N2O/c1-14(2)33-21-13-17(25(28,29)30)7-12-20(21)24-31-22(15-3-8-18(26)9-4-15)23(32-24)16-5-10-19(27)11-6-16/h3-14,22-23H,1-2H3,(H,31,32)/t22-,23+. The van der Waals surface area contributed by atoms with Crippen molar-refractivity contribution in [3.63, 3.8) is 0 Å². The zero-order valence-corrected chi connectivity index (χ0v) is 19.3. The molecular formula is C25H21Cl2F3N2O. The third-order valence-corrected chi connectivity index (χ3v) is 5.75. The molecule has 3 nitrogen and oxygen atoms in total. The Morgan fingerprint density at radius 3 is 2.00 bits per heavy atom. The first kappa shape index (κ1) is 23.5. The van der Waals surface area contributed by atoms with Crippen molar-refractivity contribution >= 4 is 29.0 Å². The van der Waals surface area contributed by atoms with Gasteiger partial charge in [-0.05, 0) is 67.4 Å². The molecule has 0 radical (unpaired) electrons. The molecule has 0 fully saturated rings. The van der Waals surface area contributed by atoms with E-state index in [1.807, 2.05) is 24.3 Å². The van der Waals surface area contributed by atoms with Gasteiger partial charge in [0.1, 0.15) is 17.6 Å². The summed E-state index contributed by atoms with van der Waals surface area (Å²) in [6.07, 6.45) is -4.79. The summed E-state index contributed by atoms with van der Waals surface area (Å²) in [4.78, 5) is 4.87. The summed E-state index contributed by atoms with van der Waals surface area (Å²) >= 11 is 12.1. The van der Waals surface area contributed by atoms with E-state index in [2.05, 4.69) is 5.32 Å². The van der Waals surface area contributed by atoms with Gasteiger partial charge in [-0.3, -0.25) is 4.99 Å². The van der Waals surface area contributed by atoms with Crippen LogP contribution in [0.5, 0.6) is 5.75 Å². The van der Waals surface area contributed by atoms with Crippen molar-refractivity contribution in [3.8, 4) is 5.75 Å². The van der Waals surface area contributed by atoms with Gasteiger partial charge in [-0.25, -0.2) is 0 Å². The molecule has 0 amide bonds. The van der Waals surface area contributed by atoms with E-state index in [4.69, 9.17) is 32.9 Å². The van der Waals surface area contributed by atoms with E-state index in [0.29, 0.717) is 21.4 Å². The number of halogens is 5. The zero-order chi connectivity index (χ0) is 23.8. The smallest absolute Gasteiger partial charge is 0.416 e. The van der Waals surface area contributed by atoms with Crippen LogP contribution in [0.3, 0.4) is 0 Å². The number of nitrogens with one attached hydrogen (secondary N) is 1. The van der Waals surface area contributed by atoms with Gasteiger partial charge in [-0.2, -0.15) is 13.2 Å². The van der Waals surface area contributed by atoms with E-state index in [0.717, 1.165) is 23.3 Å². The minimum absolute atomic E-state index is 0.123. The van der Waals surface area contributed by atoms with Crippen LogP contribution >= 0.6 is 23.2 Å². The quantitative estimate of drug-likeness (QED) is 0.397. The normalized spacial score (nSPS) is 18.2. The fourth-order valence-corrected chi connectivity index (χ4v) is 3.98. The molecule has 1 aliphatic rings. The number of alkyl halides is 3. The SMILES string of the molecule is CC(C)Oc1cc(C(F)(F)F)ccc1C1=N[C@@H](c2ccc(Cl)cc2)[C@@H](c2ccc(Cl)cc2)N1. The largest absolute Gasteiger partial charge is 0.490 e. The molecule has 0 bridgehead atoms. The molecule has 3 aromatic carbocycles. The van der Waals surface area contributed by atoms with Gasteiger partial charge < -0.3 is 10.1 Å². The molecule has 0 unspecified atom stereocenters. The summed E-state index contributed by atoms with van der Waals surface area (Å²) in [5.74, 6) is 0.581. The predicted octanol–water partition coefficient (Wildman–Crippen LogP) is 7.63. The molecule has 1 heterocycles. The minimum Gasteiger partial charge on any atom is -0.490 e. The van der Waals surface area contributed by atoms with E-state index in [-0.39, 0.29) is 23.9 Å². The molecule has 2 atom stereocenters. The Labute approximate surface area is 200 Å². The van der Waals surface area contributed by atoms with Crippen molar-refractivity contribution in [2.45, 2.75) is 38.2 Å². The highest BCUT2D eigenvalue weighted by Gasteiger charge is 2.35.